The Kier molecular flexibility index (Phi) is 4.94. The molecule has 1 fully saturated rings. The summed E-state index contributed by atoms with van der Waals surface area (Å²) >= 11 is 5.96. The molecule has 1 aromatic rings. The van der Waals surface area contributed by atoms with Gasteiger partial charge in [-0.25, -0.2) is 0 Å². The van der Waals surface area contributed by atoms with Crippen LogP contribution in [0.4, 0.5) is 13.2 Å². The van der Waals surface area contributed by atoms with Gasteiger partial charge in [-0.05, 0) is 30.9 Å². The van der Waals surface area contributed by atoms with E-state index in [2.05, 4.69) is 0 Å². The molecule has 0 saturated heterocycles. The van der Waals surface area contributed by atoms with E-state index in [0.29, 0.717) is 10.6 Å². The summed E-state index contributed by atoms with van der Waals surface area (Å²) in [4.78, 5) is 1.40. The van der Waals surface area contributed by atoms with Gasteiger partial charge in [0.1, 0.15) is 0 Å². The summed E-state index contributed by atoms with van der Waals surface area (Å²) in [5, 5.41) is 10.5. The molecular formula is C14H17ClF3NO. The maximum Gasteiger partial charge on any atom is 0.401 e. The summed E-state index contributed by atoms with van der Waals surface area (Å²) < 4.78 is 37.4. The van der Waals surface area contributed by atoms with Crippen molar-refractivity contribution in [3.63, 3.8) is 0 Å². The van der Waals surface area contributed by atoms with Crippen LogP contribution < -0.4 is 0 Å². The molecule has 1 N–H and O–H groups in total. The fourth-order valence-electron chi connectivity index (χ4n) is 2.25. The first-order chi connectivity index (χ1) is 9.37. The molecule has 6 heteroatoms. The van der Waals surface area contributed by atoms with Gasteiger partial charge in [0.05, 0.1) is 12.6 Å². The average molecular weight is 308 g/mol. The maximum absolute atomic E-state index is 12.5. The highest BCUT2D eigenvalue weighted by Crippen LogP contribution is 2.32. The van der Waals surface area contributed by atoms with Gasteiger partial charge in [0.15, 0.2) is 0 Å². The van der Waals surface area contributed by atoms with Crippen LogP contribution in [0.5, 0.6) is 0 Å². The lowest BCUT2D eigenvalue weighted by Crippen LogP contribution is -2.37. The van der Waals surface area contributed by atoms with Gasteiger partial charge in [-0.15, -0.1) is 0 Å². The molecule has 1 aromatic carbocycles. The minimum absolute atomic E-state index is 0.00932. The predicted octanol–water partition coefficient (Wildman–Crippen LogP) is 3.79. The van der Waals surface area contributed by atoms with Gasteiger partial charge in [0.2, 0.25) is 0 Å². The molecule has 0 aliphatic heterocycles. The van der Waals surface area contributed by atoms with Crippen LogP contribution in [0.3, 0.4) is 0 Å². The first-order valence-corrected chi connectivity index (χ1v) is 6.98. The molecule has 2 nitrogen and oxygen atoms in total. The Hall–Kier alpha value is -0.780. The molecule has 1 aliphatic rings. The van der Waals surface area contributed by atoms with E-state index in [1.807, 2.05) is 0 Å². The van der Waals surface area contributed by atoms with Crippen molar-refractivity contribution in [2.24, 2.45) is 0 Å². The molecule has 0 spiro atoms. The maximum atomic E-state index is 12.5. The van der Waals surface area contributed by atoms with Gasteiger partial charge < -0.3 is 5.11 Å². The predicted molar refractivity (Wildman–Crippen MR) is 71.7 cm³/mol. The Balaban J connectivity index is 1.91. The second-order valence-electron chi connectivity index (χ2n) is 5.14. The van der Waals surface area contributed by atoms with Gasteiger partial charge in [-0.2, -0.15) is 13.2 Å². The first-order valence-electron chi connectivity index (χ1n) is 6.60. The number of halogens is 4. The van der Waals surface area contributed by atoms with Crippen molar-refractivity contribution in [1.82, 2.24) is 4.90 Å². The van der Waals surface area contributed by atoms with Crippen molar-refractivity contribution < 1.29 is 18.3 Å². The molecular weight excluding hydrogens is 291 g/mol. The van der Waals surface area contributed by atoms with Crippen LogP contribution in [-0.2, 0) is 0 Å². The lowest BCUT2D eigenvalue weighted by atomic mass is 10.1. The molecule has 1 unspecified atom stereocenters. The van der Waals surface area contributed by atoms with E-state index in [1.165, 1.54) is 4.90 Å². The average Bonchev–Trinajstić information content (AvgIpc) is 3.17. The number of benzene rings is 1. The molecule has 1 aliphatic carbocycles. The fourth-order valence-corrected chi connectivity index (χ4v) is 2.51. The monoisotopic (exact) mass is 307 g/mol. The number of hydrogen-bond donors (Lipinski definition) is 1. The Morgan fingerprint density at radius 3 is 2.50 bits per heavy atom. The molecule has 20 heavy (non-hydrogen) atoms. The van der Waals surface area contributed by atoms with E-state index in [0.717, 1.165) is 12.8 Å². The summed E-state index contributed by atoms with van der Waals surface area (Å²) in [5.41, 5.74) is 0.567. The SMILES string of the molecule is OC(CCN(CC(F)(F)F)C1CC1)c1ccccc1Cl. The topological polar surface area (TPSA) is 23.5 Å². The third-order valence-corrected chi connectivity index (χ3v) is 3.74. The zero-order chi connectivity index (χ0) is 14.8. The van der Waals surface area contributed by atoms with Crippen molar-refractivity contribution in [1.29, 1.82) is 0 Å². The number of aliphatic hydroxyl groups excluding tert-OH is 1. The van der Waals surface area contributed by atoms with E-state index in [1.54, 1.807) is 24.3 Å². The summed E-state index contributed by atoms with van der Waals surface area (Å²) in [6, 6.07) is 6.86. The number of hydrogen-bond acceptors (Lipinski definition) is 2. The molecule has 1 saturated carbocycles. The normalized spacial score (nSPS) is 17.5. The quantitative estimate of drug-likeness (QED) is 0.864. The van der Waals surface area contributed by atoms with Crippen molar-refractivity contribution in [3.05, 3.63) is 34.9 Å². The van der Waals surface area contributed by atoms with Crippen LogP contribution in [0.1, 0.15) is 30.9 Å². The molecule has 0 radical (unpaired) electrons. The number of aliphatic hydroxyl groups is 1. The second kappa shape index (κ2) is 6.33. The molecule has 0 amide bonds. The van der Waals surface area contributed by atoms with Gasteiger partial charge >= 0.3 is 6.18 Å². The second-order valence-corrected chi connectivity index (χ2v) is 5.55. The number of alkyl halides is 3. The summed E-state index contributed by atoms with van der Waals surface area (Å²) in [6.45, 7) is -0.691. The molecule has 0 bridgehead atoms. The standard InChI is InChI=1S/C14H17ClF3NO/c15-12-4-2-1-3-11(12)13(20)7-8-19(10-5-6-10)9-14(16,17)18/h1-4,10,13,20H,5-9H2. The van der Waals surface area contributed by atoms with Crippen molar-refractivity contribution in [2.45, 2.75) is 37.6 Å². The van der Waals surface area contributed by atoms with Gasteiger partial charge in [0, 0.05) is 17.6 Å². The van der Waals surface area contributed by atoms with Crippen molar-refractivity contribution >= 4 is 11.6 Å². The van der Waals surface area contributed by atoms with Crippen molar-refractivity contribution in [2.75, 3.05) is 13.1 Å². The molecule has 112 valence electrons. The fraction of sp³-hybridized carbons (Fsp3) is 0.571. The Morgan fingerprint density at radius 1 is 1.30 bits per heavy atom. The van der Waals surface area contributed by atoms with Gasteiger partial charge in [-0.1, -0.05) is 29.8 Å². The Bertz CT molecular complexity index is 448. The van der Waals surface area contributed by atoms with Crippen LogP contribution in [0.25, 0.3) is 0 Å². The molecule has 1 atom stereocenters. The highest BCUT2D eigenvalue weighted by atomic mass is 35.5. The largest absolute Gasteiger partial charge is 0.401 e. The van der Waals surface area contributed by atoms with E-state index < -0.39 is 18.8 Å². The van der Waals surface area contributed by atoms with E-state index >= 15 is 0 Å². The highest BCUT2D eigenvalue weighted by molar-refractivity contribution is 6.31. The minimum atomic E-state index is -4.20. The number of rotatable bonds is 6. The number of nitrogens with zero attached hydrogens (tertiary/aromatic N) is 1. The van der Waals surface area contributed by atoms with E-state index in [4.69, 9.17) is 11.6 Å². The highest BCUT2D eigenvalue weighted by Gasteiger charge is 2.37. The lowest BCUT2D eigenvalue weighted by Gasteiger charge is -2.24. The third kappa shape index (κ3) is 4.65. The summed E-state index contributed by atoms with van der Waals surface area (Å²) in [5.74, 6) is 0. The van der Waals surface area contributed by atoms with Crippen LogP contribution in [0.2, 0.25) is 5.02 Å². The third-order valence-electron chi connectivity index (χ3n) is 3.40. The minimum Gasteiger partial charge on any atom is -0.388 e. The van der Waals surface area contributed by atoms with Crippen LogP contribution in [0.15, 0.2) is 24.3 Å². The van der Waals surface area contributed by atoms with E-state index in [9.17, 15) is 18.3 Å². The summed E-state index contributed by atoms with van der Waals surface area (Å²) in [7, 11) is 0. The first kappa shape index (κ1) is 15.6. The summed E-state index contributed by atoms with van der Waals surface area (Å²) in [6.07, 6.45) is -3.18. The Labute approximate surface area is 121 Å². The molecule has 0 aromatic heterocycles. The van der Waals surface area contributed by atoms with Gasteiger partial charge in [0.25, 0.3) is 0 Å². The van der Waals surface area contributed by atoms with Crippen LogP contribution in [-0.4, -0.2) is 35.3 Å². The molecule has 0 heterocycles. The van der Waals surface area contributed by atoms with Crippen molar-refractivity contribution in [3.8, 4) is 0 Å². The van der Waals surface area contributed by atoms with E-state index in [-0.39, 0.29) is 19.0 Å². The lowest BCUT2D eigenvalue weighted by molar-refractivity contribution is -0.147. The Morgan fingerprint density at radius 2 is 1.95 bits per heavy atom. The molecule has 2 rings (SSSR count). The van der Waals surface area contributed by atoms with Gasteiger partial charge in [-0.3, -0.25) is 4.90 Å². The van der Waals surface area contributed by atoms with Crippen LogP contribution in [0, 0.1) is 0 Å². The smallest absolute Gasteiger partial charge is 0.388 e. The zero-order valence-corrected chi connectivity index (χ0v) is 11.7. The zero-order valence-electron chi connectivity index (χ0n) is 10.9. The van der Waals surface area contributed by atoms with Crippen LogP contribution >= 0.6 is 11.6 Å².